The monoisotopic (exact) mass is 398 g/mol. The number of ether oxygens (including phenoxy) is 1. The van der Waals surface area contributed by atoms with Crippen LogP contribution in [0.5, 0.6) is 0 Å². The maximum Gasteiger partial charge on any atom is 0.407 e. The molecule has 0 aliphatic carbocycles. The van der Waals surface area contributed by atoms with E-state index in [2.05, 4.69) is 17.6 Å². The summed E-state index contributed by atoms with van der Waals surface area (Å²) in [4.78, 5) is 12.3. The van der Waals surface area contributed by atoms with Gasteiger partial charge >= 0.3 is 6.09 Å². The minimum Gasteiger partial charge on any atom is -0.445 e. The molecule has 0 saturated heterocycles. The van der Waals surface area contributed by atoms with Gasteiger partial charge in [0.05, 0.1) is 12.1 Å². The summed E-state index contributed by atoms with van der Waals surface area (Å²) in [5.41, 5.74) is 1.99. The van der Waals surface area contributed by atoms with E-state index in [0.717, 1.165) is 24.1 Å². The maximum absolute atomic E-state index is 12.3. The smallest absolute Gasteiger partial charge is 0.407 e. The van der Waals surface area contributed by atoms with E-state index in [9.17, 15) is 9.90 Å². The highest BCUT2D eigenvalue weighted by atomic mass is 16.5. The molecule has 2 aromatic rings. The van der Waals surface area contributed by atoms with Gasteiger partial charge in [0.15, 0.2) is 0 Å². The highest BCUT2D eigenvalue weighted by molar-refractivity contribution is 5.67. The van der Waals surface area contributed by atoms with Crippen LogP contribution in [0.15, 0.2) is 60.7 Å². The molecule has 0 saturated carbocycles. The Balaban J connectivity index is 1.85. The Hall–Kier alpha value is -2.37. The zero-order chi connectivity index (χ0) is 20.7. The van der Waals surface area contributed by atoms with Crippen molar-refractivity contribution in [3.63, 3.8) is 0 Å². The van der Waals surface area contributed by atoms with Crippen LogP contribution in [0.4, 0.5) is 4.79 Å². The Labute approximate surface area is 174 Å². The zero-order valence-corrected chi connectivity index (χ0v) is 17.3. The van der Waals surface area contributed by atoms with Crippen molar-refractivity contribution >= 4 is 6.09 Å². The van der Waals surface area contributed by atoms with Gasteiger partial charge in [-0.1, -0.05) is 86.8 Å². The Morgan fingerprint density at radius 1 is 0.966 bits per heavy atom. The van der Waals surface area contributed by atoms with E-state index in [1.165, 1.54) is 19.3 Å². The zero-order valence-electron chi connectivity index (χ0n) is 17.3. The first-order valence-corrected chi connectivity index (χ1v) is 10.6. The number of nitrogens with one attached hydrogen (secondary N) is 2. The Kier molecular flexibility index (Phi) is 10.9. The van der Waals surface area contributed by atoms with Crippen molar-refractivity contribution in [1.82, 2.24) is 10.6 Å². The van der Waals surface area contributed by atoms with Gasteiger partial charge in [0, 0.05) is 6.54 Å². The molecule has 5 heteroatoms. The van der Waals surface area contributed by atoms with E-state index in [1.54, 1.807) is 0 Å². The molecule has 0 radical (unpaired) electrons. The highest BCUT2D eigenvalue weighted by Gasteiger charge is 2.22. The van der Waals surface area contributed by atoms with Gasteiger partial charge in [0.1, 0.15) is 6.61 Å². The number of rotatable bonds is 13. The molecule has 0 heterocycles. The predicted molar refractivity (Wildman–Crippen MR) is 117 cm³/mol. The Bertz CT molecular complexity index is 679. The van der Waals surface area contributed by atoms with Crippen LogP contribution in [0.2, 0.25) is 0 Å². The van der Waals surface area contributed by atoms with Gasteiger partial charge in [-0.2, -0.15) is 0 Å². The van der Waals surface area contributed by atoms with Crippen molar-refractivity contribution in [3.8, 4) is 0 Å². The third kappa shape index (κ3) is 9.59. The molecule has 0 fully saturated rings. The van der Waals surface area contributed by atoms with Crippen LogP contribution in [0.1, 0.15) is 43.7 Å². The first-order valence-electron chi connectivity index (χ1n) is 10.6. The summed E-state index contributed by atoms with van der Waals surface area (Å²) in [6.45, 7) is 3.70. The number of carbonyl (C=O) groups excluding carboxylic acids is 1. The third-order valence-electron chi connectivity index (χ3n) is 4.84. The van der Waals surface area contributed by atoms with E-state index in [-0.39, 0.29) is 6.61 Å². The van der Waals surface area contributed by atoms with Gasteiger partial charge < -0.3 is 20.5 Å². The van der Waals surface area contributed by atoms with Gasteiger partial charge in [-0.15, -0.1) is 0 Å². The van der Waals surface area contributed by atoms with Crippen molar-refractivity contribution in [2.45, 2.75) is 57.8 Å². The predicted octanol–water partition coefficient (Wildman–Crippen LogP) is 4.05. The van der Waals surface area contributed by atoms with Crippen LogP contribution in [0.3, 0.4) is 0 Å². The molecule has 3 N–H and O–H groups in total. The molecule has 2 rings (SSSR count). The van der Waals surface area contributed by atoms with Crippen LogP contribution in [-0.4, -0.2) is 36.4 Å². The van der Waals surface area contributed by atoms with Crippen LogP contribution in [-0.2, 0) is 17.8 Å². The number of hydrogen-bond donors (Lipinski definition) is 3. The molecule has 158 valence electrons. The van der Waals surface area contributed by atoms with Gasteiger partial charge in [0.25, 0.3) is 0 Å². The number of amides is 1. The number of benzene rings is 2. The summed E-state index contributed by atoms with van der Waals surface area (Å²) < 4.78 is 5.33. The van der Waals surface area contributed by atoms with Crippen molar-refractivity contribution in [2.24, 2.45) is 0 Å². The average Bonchev–Trinajstić information content (AvgIpc) is 2.75. The molecular formula is C24H34N2O3. The first-order chi connectivity index (χ1) is 14.2. The van der Waals surface area contributed by atoms with E-state index >= 15 is 0 Å². The molecule has 2 atom stereocenters. The molecule has 0 bridgehead atoms. The van der Waals surface area contributed by atoms with Gasteiger partial charge in [-0.25, -0.2) is 4.79 Å². The minimum atomic E-state index is -0.703. The lowest BCUT2D eigenvalue weighted by atomic mass is 10.0. The lowest BCUT2D eigenvalue weighted by Gasteiger charge is -2.24. The lowest BCUT2D eigenvalue weighted by molar-refractivity contribution is 0.101. The molecule has 0 unspecified atom stereocenters. The molecule has 0 aliphatic rings. The topological polar surface area (TPSA) is 70.6 Å². The fourth-order valence-corrected chi connectivity index (χ4v) is 3.14. The molecule has 2 aromatic carbocycles. The summed E-state index contributed by atoms with van der Waals surface area (Å²) in [6, 6.07) is 19.0. The van der Waals surface area contributed by atoms with Gasteiger partial charge in [0.2, 0.25) is 0 Å². The molecule has 1 amide bonds. The van der Waals surface area contributed by atoms with Gasteiger partial charge in [-0.3, -0.25) is 0 Å². The minimum absolute atomic E-state index is 0.205. The van der Waals surface area contributed by atoms with Crippen molar-refractivity contribution in [3.05, 3.63) is 71.8 Å². The second kappa shape index (κ2) is 13.7. The lowest BCUT2D eigenvalue weighted by Crippen LogP contribution is -2.49. The number of alkyl carbamates (subject to hydrolysis) is 1. The fraction of sp³-hybridized carbons (Fsp3) is 0.458. The summed E-state index contributed by atoms with van der Waals surface area (Å²) >= 11 is 0. The Morgan fingerprint density at radius 2 is 1.62 bits per heavy atom. The van der Waals surface area contributed by atoms with E-state index < -0.39 is 18.2 Å². The highest BCUT2D eigenvalue weighted by Crippen LogP contribution is 2.08. The number of unbranched alkanes of at least 4 members (excludes halogenated alkanes) is 3. The van der Waals surface area contributed by atoms with E-state index in [4.69, 9.17) is 4.74 Å². The molecule has 0 spiro atoms. The standard InChI is InChI=1S/C24H34N2O3/c1-2-3-4-11-16-25-18-23(27)22(17-20-12-7-5-8-13-20)26-24(28)29-19-21-14-9-6-10-15-21/h5-10,12-15,22-23,25,27H,2-4,11,16-19H2,1H3,(H,26,28)/t22-,23+/m0/s1. The number of aliphatic hydroxyl groups excluding tert-OH is 1. The van der Waals surface area contributed by atoms with Crippen molar-refractivity contribution in [1.29, 1.82) is 0 Å². The quantitative estimate of drug-likeness (QED) is 0.445. The SMILES string of the molecule is CCCCCCNC[C@@H](O)[C@H](Cc1ccccc1)NC(=O)OCc1ccccc1. The molecular weight excluding hydrogens is 364 g/mol. The van der Waals surface area contributed by atoms with Crippen molar-refractivity contribution in [2.75, 3.05) is 13.1 Å². The van der Waals surface area contributed by atoms with Crippen LogP contribution in [0.25, 0.3) is 0 Å². The van der Waals surface area contributed by atoms with E-state index in [0.29, 0.717) is 13.0 Å². The number of hydrogen-bond acceptors (Lipinski definition) is 4. The van der Waals surface area contributed by atoms with Crippen molar-refractivity contribution < 1.29 is 14.6 Å². The van der Waals surface area contributed by atoms with Crippen LogP contribution in [0, 0.1) is 0 Å². The molecule has 29 heavy (non-hydrogen) atoms. The summed E-state index contributed by atoms with van der Waals surface area (Å²) in [5.74, 6) is 0. The largest absolute Gasteiger partial charge is 0.445 e. The number of aliphatic hydroxyl groups is 1. The molecule has 0 aromatic heterocycles. The normalized spacial score (nSPS) is 12.9. The van der Waals surface area contributed by atoms with Crippen LogP contribution < -0.4 is 10.6 Å². The number of carbonyl (C=O) groups is 1. The average molecular weight is 399 g/mol. The summed E-state index contributed by atoms with van der Waals surface area (Å²) in [5, 5.41) is 16.8. The van der Waals surface area contributed by atoms with Crippen LogP contribution >= 0.6 is 0 Å². The second-order valence-electron chi connectivity index (χ2n) is 7.33. The fourth-order valence-electron chi connectivity index (χ4n) is 3.14. The molecule has 0 aliphatic heterocycles. The third-order valence-corrected chi connectivity index (χ3v) is 4.84. The molecule has 5 nitrogen and oxygen atoms in total. The second-order valence-corrected chi connectivity index (χ2v) is 7.33. The first kappa shape index (κ1) is 22.9. The van der Waals surface area contributed by atoms with Gasteiger partial charge in [-0.05, 0) is 30.5 Å². The summed E-state index contributed by atoms with van der Waals surface area (Å²) in [6.07, 6.45) is 4.04. The maximum atomic E-state index is 12.3. The Morgan fingerprint density at radius 3 is 2.28 bits per heavy atom. The van der Waals surface area contributed by atoms with E-state index in [1.807, 2.05) is 60.7 Å². The summed E-state index contributed by atoms with van der Waals surface area (Å²) in [7, 11) is 0.